The highest BCUT2D eigenvalue weighted by molar-refractivity contribution is 5.32. The van der Waals surface area contributed by atoms with Gasteiger partial charge in [0.15, 0.2) is 0 Å². The summed E-state index contributed by atoms with van der Waals surface area (Å²) in [5.74, 6) is 0. The third kappa shape index (κ3) is 5.43. The summed E-state index contributed by atoms with van der Waals surface area (Å²) in [5.41, 5.74) is 7.22. The first-order valence-corrected chi connectivity index (χ1v) is 11.8. The van der Waals surface area contributed by atoms with Crippen molar-refractivity contribution in [2.75, 3.05) is 6.54 Å². The van der Waals surface area contributed by atoms with Crippen molar-refractivity contribution in [2.24, 2.45) is 0 Å². The number of hydrogen-bond donors (Lipinski definition) is 1. The van der Waals surface area contributed by atoms with Crippen molar-refractivity contribution in [3.8, 4) is 6.07 Å². The van der Waals surface area contributed by atoms with E-state index < -0.39 is 0 Å². The minimum atomic E-state index is 0.352. The Hall–Kier alpha value is -3.72. The molecule has 1 aliphatic heterocycles. The van der Waals surface area contributed by atoms with Crippen LogP contribution in [0.1, 0.15) is 33.5 Å². The standard InChI is InChI=1S/C29H29N5/c30-15-23-10-12-25(13-11-23)19-34-22-31-16-29(34)17-32-28-14-26-8-4-5-9-27(26)20-33(21-28)18-24-6-2-1-3-7-24/h1-13,16,22,28,32H,14,17-21H2/t28-/m0/s1. The molecule has 1 aliphatic rings. The number of aromatic nitrogens is 2. The Morgan fingerprint density at radius 1 is 0.882 bits per heavy atom. The van der Waals surface area contributed by atoms with E-state index in [-0.39, 0.29) is 0 Å². The number of imidazole rings is 1. The molecule has 1 aromatic heterocycles. The lowest BCUT2D eigenvalue weighted by Gasteiger charge is -2.25. The molecule has 0 amide bonds. The second-order valence-corrected chi connectivity index (χ2v) is 9.03. The molecule has 3 aromatic carbocycles. The van der Waals surface area contributed by atoms with Gasteiger partial charge in [0.05, 0.1) is 23.7 Å². The number of nitriles is 1. The van der Waals surface area contributed by atoms with Crippen molar-refractivity contribution >= 4 is 0 Å². The first-order chi connectivity index (χ1) is 16.8. The van der Waals surface area contributed by atoms with Gasteiger partial charge in [-0.3, -0.25) is 4.90 Å². The third-order valence-corrected chi connectivity index (χ3v) is 6.51. The molecule has 5 nitrogen and oxygen atoms in total. The summed E-state index contributed by atoms with van der Waals surface area (Å²) in [6, 6.07) is 29.9. The predicted molar refractivity (Wildman–Crippen MR) is 134 cm³/mol. The molecule has 170 valence electrons. The molecule has 0 aliphatic carbocycles. The fourth-order valence-corrected chi connectivity index (χ4v) is 4.72. The van der Waals surface area contributed by atoms with Crippen LogP contribution >= 0.6 is 0 Å². The van der Waals surface area contributed by atoms with Crippen LogP contribution in [0.2, 0.25) is 0 Å². The van der Waals surface area contributed by atoms with Gasteiger partial charge in [-0.25, -0.2) is 4.98 Å². The van der Waals surface area contributed by atoms with Gasteiger partial charge >= 0.3 is 0 Å². The molecule has 2 heterocycles. The zero-order valence-corrected chi connectivity index (χ0v) is 19.3. The lowest BCUT2D eigenvalue weighted by molar-refractivity contribution is 0.232. The second kappa shape index (κ2) is 10.5. The maximum atomic E-state index is 9.03. The Labute approximate surface area is 201 Å². The van der Waals surface area contributed by atoms with Gasteiger partial charge in [-0.15, -0.1) is 0 Å². The monoisotopic (exact) mass is 447 g/mol. The summed E-state index contributed by atoms with van der Waals surface area (Å²) in [4.78, 5) is 6.95. The Balaban J connectivity index is 1.28. The zero-order valence-electron chi connectivity index (χ0n) is 19.3. The van der Waals surface area contributed by atoms with Gasteiger partial charge in [-0.05, 0) is 40.8 Å². The van der Waals surface area contributed by atoms with E-state index in [0.717, 1.165) is 50.4 Å². The number of nitrogens with zero attached hydrogens (tertiary/aromatic N) is 4. The number of nitrogens with one attached hydrogen (secondary N) is 1. The minimum Gasteiger partial charge on any atom is -0.329 e. The van der Waals surface area contributed by atoms with Crippen LogP contribution in [-0.2, 0) is 32.6 Å². The Bertz CT molecular complexity index is 1250. The quantitative estimate of drug-likeness (QED) is 0.453. The molecule has 0 spiro atoms. The van der Waals surface area contributed by atoms with Gasteiger partial charge in [0.25, 0.3) is 0 Å². The predicted octanol–water partition coefficient (Wildman–Crippen LogP) is 4.52. The van der Waals surface area contributed by atoms with Crippen molar-refractivity contribution in [1.29, 1.82) is 5.26 Å². The molecular formula is C29H29N5. The summed E-state index contributed by atoms with van der Waals surface area (Å²) < 4.78 is 2.18. The van der Waals surface area contributed by atoms with E-state index in [9.17, 15) is 0 Å². The molecule has 5 rings (SSSR count). The number of fused-ring (bicyclic) bond motifs is 1. The Morgan fingerprint density at radius 2 is 1.62 bits per heavy atom. The van der Waals surface area contributed by atoms with E-state index in [4.69, 9.17) is 5.26 Å². The molecule has 0 unspecified atom stereocenters. The number of rotatable bonds is 7. The summed E-state index contributed by atoms with van der Waals surface area (Å²) in [7, 11) is 0. The lowest BCUT2D eigenvalue weighted by Crippen LogP contribution is -2.40. The van der Waals surface area contributed by atoms with Gasteiger partial charge in [-0.2, -0.15) is 5.26 Å². The zero-order chi connectivity index (χ0) is 23.2. The summed E-state index contributed by atoms with van der Waals surface area (Å²) in [5, 5.41) is 12.8. The molecule has 4 aromatic rings. The molecule has 0 fully saturated rings. The lowest BCUT2D eigenvalue weighted by atomic mass is 10.0. The third-order valence-electron chi connectivity index (χ3n) is 6.51. The SMILES string of the molecule is N#Cc1ccc(Cn2cncc2CN[C@H]2Cc3ccccc3CN(Cc3ccccc3)C2)cc1. The molecule has 5 heteroatoms. The normalized spacial score (nSPS) is 15.9. The van der Waals surface area contributed by atoms with Crippen molar-refractivity contribution in [3.05, 3.63) is 125 Å². The molecule has 1 N–H and O–H groups in total. The summed E-state index contributed by atoms with van der Waals surface area (Å²) in [6.45, 7) is 4.43. The van der Waals surface area contributed by atoms with Crippen LogP contribution in [0, 0.1) is 11.3 Å². The second-order valence-electron chi connectivity index (χ2n) is 9.03. The first-order valence-electron chi connectivity index (χ1n) is 11.8. The molecular weight excluding hydrogens is 418 g/mol. The highest BCUT2D eigenvalue weighted by atomic mass is 15.2. The number of benzene rings is 3. The van der Waals surface area contributed by atoms with E-state index in [1.54, 1.807) is 0 Å². The van der Waals surface area contributed by atoms with Gasteiger partial charge < -0.3 is 9.88 Å². The summed E-state index contributed by atoms with van der Waals surface area (Å²) >= 11 is 0. The molecule has 1 atom stereocenters. The van der Waals surface area contributed by atoms with Crippen molar-refractivity contribution < 1.29 is 0 Å². The van der Waals surface area contributed by atoms with E-state index in [2.05, 4.69) is 80.4 Å². The van der Waals surface area contributed by atoms with Crippen LogP contribution in [0.15, 0.2) is 91.4 Å². The maximum Gasteiger partial charge on any atom is 0.0991 e. The van der Waals surface area contributed by atoms with Crippen LogP contribution in [0.3, 0.4) is 0 Å². The topological polar surface area (TPSA) is 56.9 Å². The average molecular weight is 448 g/mol. The van der Waals surface area contributed by atoms with E-state index >= 15 is 0 Å². The van der Waals surface area contributed by atoms with E-state index in [1.165, 1.54) is 16.7 Å². The van der Waals surface area contributed by atoms with Crippen LogP contribution in [0.4, 0.5) is 0 Å². The van der Waals surface area contributed by atoms with Gasteiger partial charge in [0.2, 0.25) is 0 Å². The largest absolute Gasteiger partial charge is 0.329 e. The maximum absolute atomic E-state index is 9.03. The number of hydrogen-bond acceptors (Lipinski definition) is 4. The molecule has 0 bridgehead atoms. The smallest absolute Gasteiger partial charge is 0.0991 e. The Morgan fingerprint density at radius 3 is 2.41 bits per heavy atom. The van der Waals surface area contributed by atoms with Crippen molar-refractivity contribution in [3.63, 3.8) is 0 Å². The molecule has 34 heavy (non-hydrogen) atoms. The minimum absolute atomic E-state index is 0.352. The van der Waals surface area contributed by atoms with Crippen LogP contribution < -0.4 is 5.32 Å². The van der Waals surface area contributed by atoms with E-state index in [1.807, 2.05) is 36.8 Å². The van der Waals surface area contributed by atoms with Crippen molar-refractivity contribution in [1.82, 2.24) is 19.8 Å². The molecule has 0 saturated carbocycles. The Kier molecular flexibility index (Phi) is 6.81. The van der Waals surface area contributed by atoms with Crippen molar-refractivity contribution in [2.45, 2.75) is 38.6 Å². The van der Waals surface area contributed by atoms with Gasteiger partial charge in [-0.1, -0.05) is 66.7 Å². The van der Waals surface area contributed by atoms with E-state index in [0.29, 0.717) is 11.6 Å². The van der Waals surface area contributed by atoms with Crippen LogP contribution in [0.25, 0.3) is 0 Å². The fourth-order valence-electron chi connectivity index (χ4n) is 4.72. The first kappa shape index (κ1) is 22.1. The fraction of sp³-hybridized carbons (Fsp3) is 0.241. The summed E-state index contributed by atoms with van der Waals surface area (Å²) in [6.07, 6.45) is 4.85. The van der Waals surface area contributed by atoms with Crippen LogP contribution in [0.5, 0.6) is 0 Å². The average Bonchev–Trinajstić information content (AvgIpc) is 3.23. The van der Waals surface area contributed by atoms with Gasteiger partial charge in [0, 0.05) is 45.0 Å². The highest BCUT2D eigenvalue weighted by Crippen LogP contribution is 2.21. The highest BCUT2D eigenvalue weighted by Gasteiger charge is 2.22. The molecule has 0 radical (unpaired) electrons. The van der Waals surface area contributed by atoms with Gasteiger partial charge in [0.1, 0.15) is 0 Å². The molecule has 0 saturated heterocycles. The van der Waals surface area contributed by atoms with Crippen LogP contribution in [-0.4, -0.2) is 27.0 Å².